The molecule has 6 rings (SSSR count). The van der Waals surface area contributed by atoms with Gasteiger partial charge in [-0.25, -0.2) is 0 Å². The van der Waals surface area contributed by atoms with Crippen LogP contribution in [0.3, 0.4) is 0 Å². The number of thiophene rings is 1. The standard InChI is InChI=1S/C24H28N2O2S/c1-2-8-25-21(27)20-19(17-6-4-3-5-7-17)14-29-22(20)26-23(28)24-12-15-9-16(13-24)11-18(24)10-15/h3-7,14-16,18H,2,8-13H2,1H3,(H,25,27)(H,26,28). The van der Waals surface area contributed by atoms with E-state index in [4.69, 9.17) is 0 Å². The molecule has 4 nitrogen and oxygen atoms in total. The first-order valence-electron chi connectivity index (χ1n) is 10.9. The number of amides is 2. The normalized spacial score (nSPS) is 29.2. The van der Waals surface area contributed by atoms with Crippen LogP contribution in [0.15, 0.2) is 35.7 Å². The third-order valence-corrected chi connectivity index (χ3v) is 8.20. The average Bonchev–Trinajstić information content (AvgIpc) is 3.34. The molecule has 1 heterocycles. The summed E-state index contributed by atoms with van der Waals surface area (Å²) in [6, 6.07) is 9.96. The van der Waals surface area contributed by atoms with Gasteiger partial charge in [-0.2, -0.15) is 0 Å². The first-order valence-corrected chi connectivity index (χ1v) is 11.7. The van der Waals surface area contributed by atoms with Crippen molar-refractivity contribution in [2.45, 2.75) is 45.4 Å². The molecule has 1 aromatic heterocycles. The van der Waals surface area contributed by atoms with Crippen molar-refractivity contribution in [2.75, 3.05) is 11.9 Å². The van der Waals surface area contributed by atoms with Crippen molar-refractivity contribution >= 4 is 28.2 Å². The van der Waals surface area contributed by atoms with Gasteiger partial charge in [0.2, 0.25) is 5.91 Å². The van der Waals surface area contributed by atoms with Crippen LogP contribution in [0.4, 0.5) is 5.00 Å². The van der Waals surface area contributed by atoms with E-state index in [9.17, 15) is 9.59 Å². The minimum Gasteiger partial charge on any atom is -0.352 e. The maximum Gasteiger partial charge on any atom is 0.254 e. The largest absolute Gasteiger partial charge is 0.352 e. The van der Waals surface area contributed by atoms with Crippen LogP contribution in [0, 0.1) is 23.2 Å². The third kappa shape index (κ3) is 3.10. The monoisotopic (exact) mass is 408 g/mol. The van der Waals surface area contributed by atoms with Crippen molar-refractivity contribution in [3.8, 4) is 11.1 Å². The highest BCUT2D eigenvalue weighted by Gasteiger charge is 2.61. The number of rotatable bonds is 6. The van der Waals surface area contributed by atoms with Gasteiger partial charge in [0.1, 0.15) is 5.00 Å². The van der Waals surface area contributed by atoms with Gasteiger partial charge in [-0.1, -0.05) is 37.3 Å². The summed E-state index contributed by atoms with van der Waals surface area (Å²) < 4.78 is 0. The summed E-state index contributed by atoms with van der Waals surface area (Å²) in [5, 5.41) is 8.92. The molecular weight excluding hydrogens is 380 g/mol. The molecule has 0 spiro atoms. The fourth-order valence-corrected chi connectivity index (χ4v) is 7.19. The Kier molecular flexibility index (Phi) is 4.73. The summed E-state index contributed by atoms with van der Waals surface area (Å²) in [5.41, 5.74) is 2.32. The van der Waals surface area contributed by atoms with E-state index in [2.05, 4.69) is 10.6 Å². The Hall–Kier alpha value is -2.14. The fraction of sp³-hybridized carbons (Fsp3) is 0.500. The molecule has 2 atom stereocenters. The van der Waals surface area contributed by atoms with E-state index in [1.54, 1.807) is 0 Å². The lowest BCUT2D eigenvalue weighted by atomic mass is 9.75. The van der Waals surface area contributed by atoms with E-state index in [0.29, 0.717) is 23.0 Å². The van der Waals surface area contributed by atoms with Crippen LogP contribution in [0.25, 0.3) is 11.1 Å². The highest BCUT2D eigenvalue weighted by molar-refractivity contribution is 7.15. The zero-order chi connectivity index (χ0) is 20.0. The quantitative estimate of drug-likeness (QED) is 0.680. The molecule has 0 saturated heterocycles. The van der Waals surface area contributed by atoms with Crippen LogP contribution >= 0.6 is 11.3 Å². The summed E-state index contributed by atoms with van der Waals surface area (Å²) in [5.74, 6) is 2.05. The molecule has 0 aliphatic heterocycles. The van der Waals surface area contributed by atoms with Crippen molar-refractivity contribution in [3.05, 3.63) is 41.3 Å². The molecule has 2 aromatic rings. The van der Waals surface area contributed by atoms with E-state index in [0.717, 1.165) is 42.2 Å². The molecule has 2 N–H and O–H groups in total. The first kappa shape index (κ1) is 18.9. The van der Waals surface area contributed by atoms with Gasteiger partial charge in [-0.3, -0.25) is 9.59 Å². The zero-order valence-electron chi connectivity index (χ0n) is 16.9. The third-order valence-electron chi connectivity index (χ3n) is 7.31. The topological polar surface area (TPSA) is 58.2 Å². The number of hydrogen-bond donors (Lipinski definition) is 2. The minimum atomic E-state index is -0.193. The first-order chi connectivity index (χ1) is 14.1. The van der Waals surface area contributed by atoms with Crippen LogP contribution in [0.2, 0.25) is 0 Å². The summed E-state index contributed by atoms with van der Waals surface area (Å²) in [6.45, 7) is 2.67. The van der Waals surface area contributed by atoms with Gasteiger partial charge in [0.15, 0.2) is 0 Å². The summed E-state index contributed by atoms with van der Waals surface area (Å²) in [7, 11) is 0. The fourth-order valence-electron chi connectivity index (χ4n) is 6.23. The van der Waals surface area contributed by atoms with E-state index in [-0.39, 0.29) is 17.2 Å². The highest BCUT2D eigenvalue weighted by atomic mass is 32.1. The van der Waals surface area contributed by atoms with E-state index >= 15 is 0 Å². The Morgan fingerprint density at radius 1 is 1.10 bits per heavy atom. The van der Waals surface area contributed by atoms with Crippen molar-refractivity contribution in [2.24, 2.45) is 23.2 Å². The molecular formula is C24H28N2O2S. The molecule has 29 heavy (non-hydrogen) atoms. The second-order valence-electron chi connectivity index (χ2n) is 9.13. The number of nitrogens with one attached hydrogen (secondary N) is 2. The molecule has 1 aromatic carbocycles. The molecule has 4 fully saturated rings. The number of carbonyl (C=O) groups is 2. The zero-order valence-corrected chi connectivity index (χ0v) is 17.7. The van der Waals surface area contributed by atoms with Crippen molar-refractivity contribution in [3.63, 3.8) is 0 Å². The van der Waals surface area contributed by atoms with Gasteiger partial charge >= 0.3 is 0 Å². The van der Waals surface area contributed by atoms with Crippen molar-refractivity contribution in [1.29, 1.82) is 0 Å². The molecule has 4 aliphatic carbocycles. The lowest BCUT2D eigenvalue weighted by Crippen LogP contribution is -2.37. The summed E-state index contributed by atoms with van der Waals surface area (Å²) in [6.07, 6.45) is 6.70. The molecule has 5 heteroatoms. The second kappa shape index (κ2) is 7.28. The van der Waals surface area contributed by atoms with E-state index in [1.165, 1.54) is 30.6 Å². The predicted molar refractivity (Wildman–Crippen MR) is 117 cm³/mol. The predicted octanol–water partition coefficient (Wildman–Crippen LogP) is 5.32. The number of hydrogen-bond acceptors (Lipinski definition) is 3. The average molecular weight is 409 g/mol. The summed E-state index contributed by atoms with van der Waals surface area (Å²) in [4.78, 5) is 26.5. The lowest BCUT2D eigenvalue weighted by Gasteiger charge is -2.31. The molecule has 152 valence electrons. The van der Waals surface area contributed by atoms with E-state index < -0.39 is 0 Å². The lowest BCUT2D eigenvalue weighted by molar-refractivity contribution is -0.127. The number of benzene rings is 1. The molecule has 4 saturated carbocycles. The van der Waals surface area contributed by atoms with Crippen LogP contribution in [-0.4, -0.2) is 18.4 Å². The Morgan fingerprint density at radius 2 is 1.83 bits per heavy atom. The molecule has 0 radical (unpaired) electrons. The van der Waals surface area contributed by atoms with Crippen LogP contribution < -0.4 is 10.6 Å². The van der Waals surface area contributed by atoms with Gasteiger partial charge in [0, 0.05) is 17.5 Å². The number of anilines is 1. The van der Waals surface area contributed by atoms with Crippen LogP contribution in [-0.2, 0) is 4.79 Å². The molecule has 4 aliphatic rings. The minimum absolute atomic E-state index is 0.100. The van der Waals surface area contributed by atoms with Crippen molar-refractivity contribution < 1.29 is 9.59 Å². The van der Waals surface area contributed by atoms with Gasteiger partial charge in [-0.05, 0) is 61.8 Å². The molecule has 2 unspecified atom stereocenters. The van der Waals surface area contributed by atoms with Crippen molar-refractivity contribution in [1.82, 2.24) is 5.32 Å². The maximum absolute atomic E-state index is 13.5. The van der Waals surface area contributed by atoms with Gasteiger partial charge < -0.3 is 10.6 Å². The smallest absolute Gasteiger partial charge is 0.254 e. The molecule has 2 amide bonds. The Labute approximate surface area is 176 Å². The van der Waals surface area contributed by atoms with Gasteiger partial charge in [-0.15, -0.1) is 11.3 Å². The Morgan fingerprint density at radius 3 is 2.52 bits per heavy atom. The van der Waals surface area contributed by atoms with Crippen LogP contribution in [0.5, 0.6) is 0 Å². The highest BCUT2D eigenvalue weighted by Crippen LogP contribution is 2.65. The van der Waals surface area contributed by atoms with Gasteiger partial charge in [0.05, 0.1) is 11.0 Å². The molecule has 4 bridgehead atoms. The van der Waals surface area contributed by atoms with Gasteiger partial charge in [0.25, 0.3) is 5.91 Å². The SMILES string of the molecule is CCCNC(=O)c1c(-c2ccccc2)csc1NC(=O)C12CC3CC(CC1C3)C2. The second-order valence-corrected chi connectivity index (χ2v) is 10.0. The summed E-state index contributed by atoms with van der Waals surface area (Å²) >= 11 is 1.47. The van der Waals surface area contributed by atoms with E-state index in [1.807, 2.05) is 42.6 Å². The Bertz CT molecular complexity index is 922. The maximum atomic E-state index is 13.5. The number of carbonyl (C=O) groups excluding carboxylic acids is 2. The van der Waals surface area contributed by atoms with Crippen LogP contribution in [0.1, 0.15) is 55.8 Å². The Balaban J connectivity index is 1.46.